The van der Waals surface area contributed by atoms with Crippen LogP contribution in [0, 0.1) is 0 Å². The van der Waals surface area contributed by atoms with Crippen molar-refractivity contribution in [1.29, 1.82) is 0 Å². The molecule has 0 aliphatic rings. The molecule has 0 aromatic carbocycles. The largest absolute Gasteiger partial charge is 0.467 e. The zero-order chi connectivity index (χ0) is 8.53. The van der Waals surface area contributed by atoms with Gasteiger partial charge in [-0.05, 0) is 12.2 Å². The number of isothiocyanates is 1. The summed E-state index contributed by atoms with van der Waals surface area (Å²) in [7, 11) is 1.31. The predicted molar refractivity (Wildman–Crippen MR) is 42.7 cm³/mol. The molecule has 0 rings (SSSR count). The number of hydrogen-bond donors (Lipinski definition) is 0. The molecule has 0 saturated heterocycles. The topological polar surface area (TPSA) is 47.9 Å². The predicted octanol–water partition coefficient (Wildman–Crippen LogP) is 0.279. The highest BCUT2D eigenvalue weighted by Gasteiger charge is 1.97. The van der Waals surface area contributed by atoms with E-state index in [1.165, 1.54) is 7.11 Å². The Hall–Kier alpha value is -0.770. The molecule has 0 saturated carbocycles. The van der Waals surface area contributed by atoms with E-state index in [0.29, 0.717) is 13.2 Å². The molecule has 0 fully saturated rings. The lowest BCUT2D eigenvalue weighted by molar-refractivity contribution is -0.145. The van der Waals surface area contributed by atoms with E-state index >= 15 is 0 Å². The van der Waals surface area contributed by atoms with Crippen LogP contribution in [0.2, 0.25) is 0 Å². The lowest BCUT2D eigenvalue weighted by Crippen LogP contribution is -2.11. The van der Waals surface area contributed by atoms with Gasteiger partial charge in [0.1, 0.15) is 6.61 Å². The minimum atomic E-state index is -0.392. The third-order valence-electron chi connectivity index (χ3n) is 0.860. The van der Waals surface area contributed by atoms with E-state index in [9.17, 15) is 4.79 Å². The van der Waals surface area contributed by atoms with Crippen molar-refractivity contribution in [3.8, 4) is 0 Å². The van der Waals surface area contributed by atoms with Crippen molar-refractivity contribution in [1.82, 2.24) is 0 Å². The number of carbonyl (C=O) groups is 1. The van der Waals surface area contributed by atoms with Crippen LogP contribution in [0.1, 0.15) is 0 Å². The monoisotopic (exact) mass is 175 g/mol. The van der Waals surface area contributed by atoms with Crippen molar-refractivity contribution in [3.63, 3.8) is 0 Å². The van der Waals surface area contributed by atoms with E-state index < -0.39 is 5.97 Å². The first-order chi connectivity index (χ1) is 5.31. The first-order valence-electron chi connectivity index (χ1n) is 2.99. The van der Waals surface area contributed by atoms with Gasteiger partial charge >= 0.3 is 5.97 Å². The normalized spacial score (nSPS) is 8.45. The molecule has 0 N–H and O–H groups in total. The van der Waals surface area contributed by atoms with Crippen LogP contribution in [0.25, 0.3) is 0 Å². The van der Waals surface area contributed by atoms with Crippen LogP contribution in [0.4, 0.5) is 0 Å². The maximum absolute atomic E-state index is 10.4. The highest BCUT2D eigenvalue weighted by atomic mass is 32.1. The standard InChI is InChI=1S/C6H9NO3S/c1-9-6(8)4-10-3-2-7-5-11/h2-4H2,1H3. The van der Waals surface area contributed by atoms with E-state index in [0.717, 1.165) is 0 Å². The Labute approximate surface area is 70.2 Å². The summed E-state index contributed by atoms with van der Waals surface area (Å²) in [6, 6.07) is 0. The van der Waals surface area contributed by atoms with E-state index in [2.05, 4.69) is 27.1 Å². The van der Waals surface area contributed by atoms with E-state index in [1.54, 1.807) is 0 Å². The molecule has 11 heavy (non-hydrogen) atoms. The molecule has 0 aromatic heterocycles. The van der Waals surface area contributed by atoms with Crippen LogP contribution in [-0.4, -0.2) is 38.0 Å². The summed E-state index contributed by atoms with van der Waals surface area (Å²) >= 11 is 4.31. The smallest absolute Gasteiger partial charge is 0.331 e. The van der Waals surface area contributed by atoms with Gasteiger partial charge in [0.25, 0.3) is 0 Å². The van der Waals surface area contributed by atoms with Crippen molar-refractivity contribution in [2.75, 3.05) is 26.9 Å². The number of hydrogen-bond acceptors (Lipinski definition) is 5. The summed E-state index contributed by atoms with van der Waals surface area (Å²) in [6.45, 7) is 0.753. The zero-order valence-corrected chi connectivity index (χ0v) is 7.02. The van der Waals surface area contributed by atoms with Gasteiger partial charge < -0.3 is 9.47 Å². The Kier molecular flexibility index (Phi) is 6.82. The summed E-state index contributed by atoms with van der Waals surface area (Å²) in [5.41, 5.74) is 0. The number of rotatable bonds is 5. The van der Waals surface area contributed by atoms with Crippen molar-refractivity contribution >= 4 is 23.3 Å². The molecule has 0 heterocycles. The SMILES string of the molecule is COC(=O)COCCN=C=S. The minimum absolute atomic E-state index is 0.0382. The van der Waals surface area contributed by atoms with Crippen LogP contribution >= 0.6 is 12.2 Å². The quantitative estimate of drug-likeness (QED) is 0.260. The fourth-order valence-electron chi connectivity index (χ4n) is 0.370. The van der Waals surface area contributed by atoms with Crippen LogP contribution in [0.15, 0.2) is 4.99 Å². The van der Waals surface area contributed by atoms with Gasteiger partial charge in [-0.25, -0.2) is 9.79 Å². The van der Waals surface area contributed by atoms with Crippen LogP contribution in [0.5, 0.6) is 0 Å². The molecule has 0 unspecified atom stereocenters. The molecule has 0 amide bonds. The summed E-state index contributed by atoms with van der Waals surface area (Å²) in [4.78, 5) is 14.0. The van der Waals surface area contributed by atoms with Crippen molar-refractivity contribution in [2.45, 2.75) is 0 Å². The number of aliphatic imine (C=N–C) groups is 1. The Morgan fingerprint density at radius 3 is 3.00 bits per heavy atom. The van der Waals surface area contributed by atoms with Gasteiger partial charge in [-0.1, -0.05) is 0 Å². The molecule has 62 valence electrons. The summed E-state index contributed by atoms with van der Waals surface area (Å²) in [6.07, 6.45) is 0. The molecule has 4 nitrogen and oxygen atoms in total. The molecule has 0 radical (unpaired) electrons. The maximum atomic E-state index is 10.4. The summed E-state index contributed by atoms with van der Waals surface area (Å²) < 4.78 is 9.16. The van der Waals surface area contributed by atoms with Gasteiger partial charge in [-0.3, -0.25) is 0 Å². The lowest BCUT2D eigenvalue weighted by atomic mass is 10.7. The van der Waals surface area contributed by atoms with Gasteiger partial charge in [0.2, 0.25) is 0 Å². The number of esters is 1. The van der Waals surface area contributed by atoms with Crippen molar-refractivity contribution in [2.24, 2.45) is 4.99 Å². The second-order valence-electron chi connectivity index (χ2n) is 1.60. The average molecular weight is 175 g/mol. The number of carbonyl (C=O) groups excluding carboxylic acids is 1. The molecule has 5 heteroatoms. The van der Waals surface area contributed by atoms with E-state index in [1.807, 2.05) is 0 Å². The van der Waals surface area contributed by atoms with Crippen LogP contribution < -0.4 is 0 Å². The first-order valence-corrected chi connectivity index (χ1v) is 3.40. The van der Waals surface area contributed by atoms with Gasteiger partial charge in [0.15, 0.2) is 0 Å². The molecule has 0 aromatic rings. The van der Waals surface area contributed by atoms with E-state index in [-0.39, 0.29) is 6.61 Å². The summed E-state index contributed by atoms with van der Waals surface area (Å²) in [5.74, 6) is -0.392. The first kappa shape index (κ1) is 10.2. The van der Waals surface area contributed by atoms with E-state index in [4.69, 9.17) is 4.74 Å². The van der Waals surface area contributed by atoms with Crippen molar-refractivity contribution in [3.05, 3.63) is 0 Å². The number of nitrogens with zero attached hydrogens (tertiary/aromatic N) is 1. The highest BCUT2D eigenvalue weighted by molar-refractivity contribution is 7.78. The molecule has 0 atom stereocenters. The minimum Gasteiger partial charge on any atom is -0.467 e. The van der Waals surface area contributed by atoms with Gasteiger partial charge in [0, 0.05) is 0 Å². The number of methoxy groups -OCH3 is 1. The third-order valence-corrected chi connectivity index (χ3v) is 0.989. The number of thiocarbonyl (C=S) groups is 1. The van der Waals surface area contributed by atoms with Gasteiger partial charge in [-0.15, -0.1) is 0 Å². The van der Waals surface area contributed by atoms with Gasteiger partial charge in [0.05, 0.1) is 25.4 Å². The molecular weight excluding hydrogens is 166 g/mol. The second kappa shape index (κ2) is 7.34. The molecule has 0 spiro atoms. The Morgan fingerprint density at radius 1 is 1.73 bits per heavy atom. The Morgan fingerprint density at radius 2 is 2.45 bits per heavy atom. The Balaban J connectivity index is 3.14. The fraction of sp³-hybridized carbons (Fsp3) is 0.667. The zero-order valence-electron chi connectivity index (χ0n) is 6.20. The average Bonchev–Trinajstić information content (AvgIpc) is 2.04. The molecular formula is C6H9NO3S. The molecule has 0 aliphatic carbocycles. The molecule has 0 bridgehead atoms. The lowest BCUT2D eigenvalue weighted by Gasteiger charge is -1.98. The number of ether oxygens (including phenoxy) is 2. The second-order valence-corrected chi connectivity index (χ2v) is 1.78. The Bertz CT molecular complexity index is 165. The molecule has 0 aliphatic heterocycles. The summed E-state index contributed by atoms with van der Waals surface area (Å²) in [5, 5.41) is 2.18. The maximum Gasteiger partial charge on any atom is 0.331 e. The third kappa shape index (κ3) is 7.12. The fourth-order valence-corrected chi connectivity index (χ4v) is 0.462. The van der Waals surface area contributed by atoms with Crippen LogP contribution in [0.3, 0.4) is 0 Å². The highest BCUT2D eigenvalue weighted by Crippen LogP contribution is 1.78. The van der Waals surface area contributed by atoms with Crippen LogP contribution in [-0.2, 0) is 14.3 Å². The van der Waals surface area contributed by atoms with Crippen molar-refractivity contribution < 1.29 is 14.3 Å². The van der Waals surface area contributed by atoms with Gasteiger partial charge in [-0.2, -0.15) is 0 Å².